The number of benzene rings is 3. The number of aliphatic imine (C=N–C) groups is 1. The minimum atomic E-state index is -0.378. The molecule has 7 nitrogen and oxygen atoms in total. The van der Waals surface area contributed by atoms with Crippen molar-refractivity contribution in [3.8, 4) is 11.5 Å². The lowest BCUT2D eigenvalue weighted by atomic mass is 10.2. The van der Waals surface area contributed by atoms with Crippen molar-refractivity contribution in [2.75, 3.05) is 14.2 Å². The zero-order valence-electron chi connectivity index (χ0n) is 17.4. The molecule has 0 atom stereocenters. The molecule has 0 saturated carbocycles. The number of hydrogen-bond donors (Lipinski definition) is 0. The van der Waals surface area contributed by atoms with E-state index < -0.39 is 0 Å². The third-order valence-electron chi connectivity index (χ3n) is 4.74. The van der Waals surface area contributed by atoms with E-state index in [-0.39, 0.29) is 10.6 Å². The summed E-state index contributed by atoms with van der Waals surface area (Å²) in [5.41, 5.74) is 2.06. The van der Waals surface area contributed by atoms with E-state index in [2.05, 4.69) is 9.98 Å². The number of fused-ring (bicyclic) bond motifs is 1. The van der Waals surface area contributed by atoms with Crippen LogP contribution in [0.2, 0.25) is 0 Å². The van der Waals surface area contributed by atoms with Crippen LogP contribution in [-0.4, -0.2) is 30.3 Å². The maximum absolute atomic E-state index is 11.8. The van der Waals surface area contributed by atoms with E-state index in [0.717, 1.165) is 15.8 Å². The van der Waals surface area contributed by atoms with Crippen LogP contribution in [-0.2, 0) is 0 Å². The van der Waals surface area contributed by atoms with E-state index in [0.29, 0.717) is 27.6 Å². The van der Waals surface area contributed by atoms with Crippen molar-refractivity contribution < 1.29 is 14.4 Å². The molecule has 160 valence electrons. The number of methoxy groups -OCH3 is 2. The van der Waals surface area contributed by atoms with Gasteiger partial charge in [-0.05, 0) is 42.0 Å². The van der Waals surface area contributed by atoms with Gasteiger partial charge in [-0.1, -0.05) is 30.0 Å². The van der Waals surface area contributed by atoms with Crippen molar-refractivity contribution in [2.24, 2.45) is 4.99 Å². The number of aromatic nitrogens is 1. The minimum absolute atomic E-state index is 0.0153. The highest BCUT2D eigenvalue weighted by molar-refractivity contribution is 7.99. The summed E-state index contributed by atoms with van der Waals surface area (Å²) < 4.78 is 10.5. The molecular formula is C24H19N3O4S. The Bertz CT molecular complexity index is 1320. The van der Waals surface area contributed by atoms with Gasteiger partial charge >= 0.3 is 0 Å². The largest absolute Gasteiger partial charge is 0.497 e. The highest BCUT2D eigenvalue weighted by atomic mass is 32.2. The summed E-state index contributed by atoms with van der Waals surface area (Å²) in [6.45, 7) is 0. The van der Waals surface area contributed by atoms with E-state index in [1.54, 1.807) is 57.0 Å². The Morgan fingerprint density at radius 2 is 1.88 bits per heavy atom. The normalized spacial score (nSPS) is 11.1. The van der Waals surface area contributed by atoms with Crippen LogP contribution in [0.1, 0.15) is 5.56 Å². The van der Waals surface area contributed by atoms with Gasteiger partial charge in [0.1, 0.15) is 17.2 Å². The average molecular weight is 446 g/mol. The van der Waals surface area contributed by atoms with E-state index in [4.69, 9.17) is 9.47 Å². The quantitative estimate of drug-likeness (QED) is 0.195. The first-order valence-corrected chi connectivity index (χ1v) is 10.5. The van der Waals surface area contributed by atoms with Crippen molar-refractivity contribution in [2.45, 2.75) is 9.79 Å². The Kier molecular flexibility index (Phi) is 6.32. The molecule has 0 radical (unpaired) electrons. The van der Waals surface area contributed by atoms with Crippen LogP contribution in [0.5, 0.6) is 11.5 Å². The molecule has 4 rings (SSSR count). The van der Waals surface area contributed by atoms with Crippen LogP contribution in [0.4, 0.5) is 11.4 Å². The number of hydrogen-bond acceptors (Lipinski definition) is 7. The topological polar surface area (TPSA) is 86.9 Å². The number of nitro benzene ring substituents is 1. The summed E-state index contributed by atoms with van der Waals surface area (Å²) >= 11 is 1.35. The molecule has 1 aromatic heterocycles. The van der Waals surface area contributed by atoms with Crippen molar-refractivity contribution >= 4 is 40.3 Å². The third kappa shape index (κ3) is 4.55. The summed E-state index contributed by atoms with van der Waals surface area (Å²) in [5.74, 6) is 1.20. The number of nitrogens with zero attached hydrogens (tertiary/aromatic N) is 3. The van der Waals surface area contributed by atoms with Crippen LogP contribution in [0.25, 0.3) is 10.9 Å². The molecule has 32 heavy (non-hydrogen) atoms. The van der Waals surface area contributed by atoms with Crippen molar-refractivity contribution in [3.05, 3.63) is 88.6 Å². The van der Waals surface area contributed by atoms with Gasteiger partial charge in [-0.2, -0.15) is 0 Å². The first-order chi connectivity index (χ1) is 15.6. The van der Waals surface area contributed by atoms with E-state index >= 15 is 0 Å². The fraction of sp³-hybridized carbons (Fsp3) is 0.0833. The number of ether oxygens (including phenoxy) is 2. The Labute approximate surface area is 188 Å². The molecule has 0 aliphatic rings. The second-order valence-electron chi connectivity index (χ2n) is 6.71. The molecule has 0 aliphatic heterocycles. The molecule has 0 amide bonds. The Morgan fingerprint density at radius 1 is 1.00 bits per heavy atom. The van der Waals surface area contributed by atoms with Crippen molar-refractivity contribution in [1.82, 2.24) is 4.98 Å². The second-order valence-corrected chi connectivity index (χ2v) is 7.79. The van der Waals surface area contributed by atoms with Gasteiger partial charge in [-0.15, -0.1) is 0 Å². The molecule has 4 aromatic rings. The molecule has 0 saturated heterocycles. The van der Waals surface area contributed by atoms with Gasteiger partial charge in [0, 0.05) is 34.8 Å². The first-order valence-electron chi connectivity index (χ1n) is 9.65. The van der Waals surface area contributed by atoms with Crippen LogP contribution >= 0.6 is 11.8 Å². The van der Waals surface area contributed by atoms with Gasteiger partial charge in [0.2, 0.25) is 0 Å². The van der Waals surface area contributed by atoms with Gasteiger partial charge in [0.25, 0.3) is 5.69 Å². The molecule has 0 spiro atoms. The third-order valence-corrected chi connectivity index (χ3v) is 5.89. The average Bonchev–Trinajstić information content (AvgIpc) is 2.83. The smallest absolute Gasteiger partial charge is 0.283 e. The SMILES string of the molecule is COc1ccc(N=Cc2ccc(Sc3cccc4ncccc34)c([N+](=O)[O-])c2)c(OC)c1. The highest BCUT2D eigenvalue weighted by Gasteiger charge is 2.17. The Morgan fingerprint density at radius 3 is 2.66 bits per heavy atom. The number of pyridine rings is 1. The first kappa shape index (κ1) is 21.3. The summed E-state index contributed by atoms with van der Waals surface area (Å²) in [7, 11) is 3.12. The molecule has 8 heteroatoms. The summed E-state index contributed by atoms with van der Waals surface area (Å²) in [6.07, 6.45) is 3.30. The van der Waals surface area contributed by atoms with E-state index in [1.807, 2.05) is 30.3 Å². The van der Waals surface area contributed by atoms with Gasteiger partial charge in [0.05, 0.1) is 29.6 Å². The lowest BCUT2D eigenvalue weighted by Gasteiger charge is -2.08. The minimum Gasteiger partial charge on any atom is -0.497 e. The van der Waals surface area contributed by atoms with Crippen LogP contribution < -0.4 is 9.47 Å². The van der Waals surface area contributed by atoms with E-state index in [1.165, 1.54) is 17.8 Å². The fourth-order valence-electron chi connectivity index (χ4n) is 3.16. The maximum Gasteiger partial charge on any atom is 0.283 e. The molecule has 0 bridgehead atoms. The van der Waals surface area contributed by atoms with Gasteiger partial charge in [-0.25, -0.2) is 0 Å². The summed E-state index contributed by atoms with van der Waals surface area (Å²) in [4.78, 5) is 21.6. The van der Waals surface area contributed by atoms with Gasteiger partial charge < -0.3 is 9.47 Å². The van der Waals surface area contributed by atoms with E-state index in [9.17, 15) is 10.1 Å². The Hall–Kier alpha value is -3.91. The standard InChI is InChI=1S/C24H19N3O4S/c1-30-17-9-10-20(22(14-17)31-2)26-15-16-8-11-24(21(13-16)27(28)29)32-23-7-3-6-19-18(23)5-4-12-25-19/h3-15H,1-2H3. The Balaban J connectivity index is 1.65. The van der Waals surface area contributed by atoms with Crippen molar-refractivity contribution in [1.29, 1.82) is 0 Å². The van der Waals surface area contributed by atoms with Crippen LogP contribution in [0.15, 0.2) is 87.7 Å². The van der Waals surface area contributed by atoms with Gasteiger partial charge in [-0.3, -0.25) is 20.1 Å². The number of rotatable bonds is 7. The highest BCUT2D eigenvalue weighted by Crippen LogP contribution is 2.38. The molecule has 3 aromatic carbocycles. The number of nitro groups is 1. The second kappa shape index (κ2) is 9.49. The molecular weight excluding hydrogens is 426 g/mol. The zero-order chi connectivity index (χ0) is 22.5. The zero-order valence-corrected chi connectivity index (χ0v) is 18.2. The van der Waals surface area contributed by atoms with Gasteiger partial charge in [0.15, 0.2) is 0 Å². The summed E-state index contributed by atoms with van der Waals surface area (Å²) in [5, 5.41) is 12.7. The predicted octanol–water partition coefficient (Wildman–Crippen LogP) is 6.06. The van der Waals surface area contributed by atoms with Crippen LogP contribution in [0, 0.1) is 10.1 Å². The lowest BCUT2D eigenvalue weighted by molar-refractivity contribution is -0.387. The monoisotopic (exact) mass is 445 g/mol. The molecule has 0 aliphatic carbocycles. The fourth-order valence-corrected chi connectivity index (χ4v) is 4.20. The molecule has 0 fully saturated rings. The molecule has 0 unspecified atom stereocenters. The molecule has 0 N–H and O–H groups in total. The van der Waals surface area contributed by atoms with Crippen LogP contribution in [0.3, 0.4) is 0 Å². The molecule has 1 heterocycles. The maximum atomic E-state index is 11.8. The van der Waals surface area contributed by atoms with Crippen molar-refractivity contribution in [3.63, 3.8) is 0 Å². The lowest BCUT2D eigenvalue weighted by Crippen LogP contribution is -1.93. The summed E-state index contributed by atoms with van der Waals surface area (Å²) in [6, 6.07) is 19.9. The predicted molar refractivity (Wildman–Crippen MR) is 126 cm³/mol.